The molecule has 0 saturated carbocycles. The highest BCUT2D eigenvalue weighted by Crippen LogP contribution is 2.19. The molecule has 0 atom stereocenters. The fraction of sp³-hybridized carbons (Fsp3) is 0.357. The minimum absolute atomic E-state index is 0.151. The summed E-state index contributed by atoms with van der Waals surface area (Å²) in [5.41, 5.74) is 0.409. The molecule has 0 radical (unpaired) electrons. The number of aliphatic hydroxyl groups excluding tert-OH is 2. The van der Waals surface area contributed by atoms with E-state index in [2.05, 4.69) is 6.58 Å². The highest BCUT2D eigenvalue weighted by molar-refractivity contribution is 5.97. The zero-order chi connectivity index (χ0) is 14.1. The summed E-state index contributed by atoms with van der Waals surface area (Å²) in [6.45, 7) is 3.92. The van der Waals surface area contributed by atoms with Gasteiger partial charge in [-0.2, -0.15) is 0 Å². The molecule has 0 spiro atoms. The molecule has 0 aliphatic rings. The minimum atomic E-state index is -0.275. The molecule has 0 aliphatic carbocycles. The molecule has 1 amide bonds. The van der Waals surface area contributed by atoms with E-state index in [1.54, 1.807) is 30.3 Å². The molecule has 0 fully saturated rings. The number of carbonyl (C=O) groups is 1. The second-order valence-electron chi connectivity index (χ2n) is 3.84. The number of aliphatic hydroxyl groups is 2. The predicted octanol–water partition coefficient (Wildman–Crippen LogP) is 0.678. The summed E-state index contributed by atoms with van der Waals surface area (Å²) in [7, 11) is 0. The van der Waals surface area contributed by atoms with Gasteiger partial charge in [0.15, 0.2) is 0 Å². The average Bonchev–Trinajstić information content (AvgIpc) is 2.44. The van der Waals surface area contributed by atoms with Gasteiger partial charge in [0.1, 0.15) is 12.4 Å². The summed E-state index contributed by atoms with van der Waals surface area (Å²) in [5, 5.41) is 17.9. The van der Waals surface area contributed by atoms with Gasteiger partial charge >= 0.3 is 0 Å². The van der Waals surface area contributed by atoms with E-state index in [4.69, 9.17) is 14.9 Å². The van der Waals surface area contributed by atoms with Gasteiger partial charge in [-0.05, 0) is 12.1 Å². The zero-order valence-corrected chi connectivity index (χ0v) is 10.8. The van der Waals surface area contributed by atoms with Crippen LogP contribution in [0, 0.1) is 0 Å². The first-order valence-corrected chi connectivity index (χ1v) is 6.08. The van der Waals surface area contributed by atoms with Gasteiger partial charge in [-0.1, -0.05) is 24.8 Å². The maximum Gasteiger partial charge on any atom is 0.257 e. The van der Waals surface area contributed by atoms with Gasteiger partial charge in [0.05, 0.1) is 18.8 Å². The third-order valence-electron chi connectivity index (χ3n) is 2.50. The van der Waals surface area contributed by atoms with Crippen molar-refractivity contribution in [3.05, 3.63) is 42.5 Å². The Labute approximate surface area is 112 Å². The monoisotopic (exact) mass is 265 g/mol. The Morgan fingerprint density at radius 3 is 2.47 bits per heavy atom. The van der Waals surface area contributed by atoms with E-state index >= 15 is 0 Å². The first-order valence-electron chi connectivity index (χ1n) is 6.08. The molecule has 0 bridgehead atoms. The molecule has 0 heterocycles. The van der Waals surface area contributed by atoms with Crippen LogP contribution in [0.5, 0.6) is 5.75 Å². The molecule has 0 aromatic heterocycles. The first kappa shape index (κ1) is 15.2. The van der Waals surface area contributed by atoms with Crippen LogP contribution in [-0.2, 0) is 0 Å². The first-order chi connectivity index (χ1) is 9.24. The van der Waals surface area contributed by atoms with E-state index < -0.39 is 0 Å². The Morgan fingerprint density at radius 2 is 1.89 bits per heavy atom. The second-order valence-corrected chi connectivity index (χ2v) is 3.84. The predicted molar refractivity (Wildman–Crippen MR) is 72.2 cm³/mol. The molecular weight excluding hydrogens is 246 g/mol. The van der Waals surface area contributed by atoms with Gasteiger partial charge in [0.25, 0.3) is 5.91 Å². The number of rotatable bonds is 8. The lowest BCUT2D eigenvalue weighted by Gasteiger charge is -2.21. The molecule has 1 aromatic rings. The topological polar surface area (TPSA) is 70.0 Å². The van der Waals surface area contributed by atoms with Gasteiger partial charge in [0, 0.05) is 13.1 Å². The summed E-state index contributed by atoms with van der Waals surface area (Å²) >= 11 is 0. The molecule has 0 aliphatic heterocycles. The number of ether oxygens (including phenoxy) is 1. The average molecular weight is 265 g/mol. The standard InChI is InChI=1S/C14H19NO4/c1-2-11-19-13-6-4-3-5-12(13)14(18)15(7-9-16)8-10-17/h2-6,16-17H,1,7-11H2. The Balaban J connectivity index is 2.92. The summed E-state index contributed by atoms with van der Waals surface area (Å²) in [6, 6.07) is 6.87. The quantitative estimate of drug-likeness (QED) is 0.678. The lowest BCUT2D eigenvalue weighted by molar-refractivity contribution is 0.0681. The third-order valence-corrected chi connectivity index (χ3v) is 2.50. The van der Waals surface area contributed by atoms with E-state index in [0.29, 0.717) is 17.9 Å². The Kier molecular flexibility index (Phi) is 6.63. The van der Waals surface area contributed by atoms with Crippen LogP contribution < -0.4 is 4.74 Å². The molecular formula is C14H19NO4. The maximum atomic E-state index is 12.3. The second kappa shape index (κ2) is 8.29. The van der Waals surface area contributed by atoms with Crippen molar-refractivity contribution in [2.45, 2.75) is 0 Å². The Hall–Kier alpha value is -1.85. The zero-order valence-electron chi connectivity index (χ0n) is 10.8. The minimum Gasteiger partial charge on any atom is -0.489 e. The number of hydrogen-bond donors (Lipinski definition) is 2. The molecule has 19 heavy (non-hydrogen) atoms. The third kappa shape index (κ3) is 4.39. The summed E-state index contributed by atoms with van der Waals surface area (Å²) in [4.78, 5) is 13.7. The molecule has 2 N–H and O–H groups in total. The van der Waals surface area contributed by atoms with E-state index in [-0.39, 0.29) is 32.2 Å². The van der Waals surface area contributed by atoms with Crippen LogP contribution in [0.15, 0.2) is 36.9 Å². The van der Waals surface area contributed by atoms with Crippen LogP contribution in [-0.4, -0.2) is 53.9 Å². The van der Waals surface area contributed by atoms with Gasteiger partial charge in [-0.3, -0.25) is 4.79 Å². The molecule has 1 rings (SSSR count). The van der Waals surface area contributed by atoms with Crippen molar-refractivity contribution in [2.75, 3.05) is 32.9 Å². The lowest BCUT2D eigenvalue weighted by Crippen LogP contribution is -2.36. The number of hydrogen-bond acceptors (Lipinski definition) is 4. The highest BCUT2D eigenvalue weighted by atomic mass is 16.5. The van der Waals surface area contributed by atoms with Crippen LogP contribution in [0.3, 0.4) is 0 Å². The molecule has 1 aromatic carbocycles. The Morgan fingerprint density at radius 1 is 1.26 bits per heavy atom. The number of carbonyl (C=O) groups excluding carboxylic acids is 1. The summed E-state index contributed by atoms with van der Waals surface area (Å²) in [5.74, 6) is 0.191. The van der Waals surface area contributed by atoms with Gasteiger partial charge in [-0.25, -0.2) is 0 Å². The van der Waals surface area contributed by atoms with Crippen molar-refractivity contribution < 1.29 is 19.7 Å². The summed E-state index contributed by atoms with van der Waals surface area (Å²) in [6.07, 6.45) is 1.60. The fourth-order valence-electron chi connectivity index (χ4n) is 1.64. The van der Waals surface area contributed by atoms with Crippen LogP contribution in [0.2, 0.25) is 0 Å². The van der Waals surface area contributed by atoms with Crippen molar-refractivity contribution in [1.82, 2.24) is 4.90 Å². The molecule has 5 nitrogen and oxygen atoms in total. The number of para-hydroxylation sites is 1. The van der Waals surface area contributed by atoms with Crippen molar-refractivity contribution in [3.8, 4) is 5.75 Å². The van der Waals surface area contributed by atoms with Gasteiger partial charge < -0.3 is 19.8 Å². The van der Waals surface area contributed by atoms with Crippen LogP contribution >= 0.6 is 0 Å². The van der Waals surface area contributed by atoms with E-state index in [1.165, 1.54) is 4.90 Å². The molecule has 0 saturated heterocycles. The van der Waals surface area contributed by atoms with Crippen LogP contribution in [0.4, 0.5) is 0 Å². The van der Waals surface area contributed by atoms with Crippen molar-refractivity contribution in [2.24, 2.45) is 0 Å². The van der Waals surface area contributed by atoms with Crippen LogP contribution in [0.25, 0.3) is 0 Å². The van der Waals surface area contributed by atoms with Crippen LogP contribution in [0.1, 0.15) is 10.4 Å². The summed E-state index contributed by atoms with van der Waals surface area (Å²) < 4.78 is 5.42. The van der Waals surface area contributed by atoms with E-state index in [0.717, 1.165) is 0 Å². The Bertz CT molecular complexity index is 414. The highest BCUT2D eigenvalue weighted by Gasteiger charge is 2.18. The van der Waals surface area contributed by atoms with Crippen molar-refractivity contribution in [3.63, 3.8) is 0 Å². The van der Waals surface area contributed by atoms with Gasteiger partial charge in [-0.15, -0.1) is 0 Å². The number of amides is 1. The SMILES string of the molecule is C=CCOc1ccccc1C(=O)N(CCO)CCO. The van der Waals surface area contributed by atoms with Crippen molar-refractivity contribution >= 4 is 5.91 Å². The van der Waals surface area contributed by atoms with Gasteiger partial charge in [0.2, 0.25) is 0 Å². The molecule has 0 unspecified atom stereocenters. The molecule has 5 heteroatoms. The molecule has 104 valence electrons. The smallest absolute Gasteiger partial charge is 0.257 e. The van der Waals surface area contributed by atoms with E-state index in [1.807, 2.05) is 0 Å². The van der Waals surface area contributed by atoms with Crippen molar-refractivity contribution in [1.29, 1.82) is 0 Å². The fourth-order valence-corrected chi connectivity index (χ4v) is 1.64. The number of nitrogens with zero attached hydrogens (tertiary/aromatic N) is 1. The number of benzene rings is 1. The van der Waals surface area contributed by atoms with E-state index in [9.17, 15) is 4.79 Å². The lowest BCUT2D eigenvalue weighted by atomic mass is 10.1. The largest absolute Gasteiger partial charge is 0.489 e. The normalized spacial score (nSPS) is 10.0. The maximum absolute atomic E-state index is 12.3.